The van der Waals surface area contributed by atoms with Crippen molar-refractivity contribution in [1.82, 2.24) is 9.99 Å². The largest absolute Gasteiger partial charge is 0.342 e. The summed E-state index contributed by atoms with van der Waals surface area (Å²) in [7, 11) is 0. The minimum absolute atomic E-state index is 0.217. The molecule has 0 radical (unpaired) electrons. The SMILES string of the molecule is Cc1cccc(NC(=S)N/N=C/c2cccn2Cc2ccccc2F)c1C. The van der Waals surface area contributed by atoms with E-state index in [1.165, 1.54) is 11.6 Å². The van der Waals surface area contributed by atoms with Gasteiger partial charge in [-0.25, -0.2) is 4.39 Å². The van der Waals surface area contributed by atoms with Crippen LogP contribution in [-0.4, -0.2) is 15.9 Å². The van der Waals surface area contributed by atoms with E-state index in [-0.39, 0.29) is 5.82 Å². The summed E-state index contributed by atoms with van der Waals surface area (Å²) < 4.78 is 15.8. The van der Waals surface area contributed by atoms with Crippen molar-refractivity contribution in [2.45, 2.75) is 20.4 Å². The normalized spacial score (nSPS) is 10.9. The lowest BCUT2D eigenvalue weighted by Gasteiger charge is -2.11. The number of aryl methyl sites for hydroxylation is 1. The van der Waals surface area contributed by atoms with Crippen molar-refractivity contribution in [2.24, 2.45) is 5.10 Å². The number of aromatic nitrogens is 1. The minimum atomic E-state index is -0.217. The number of rotatable bonds is 5. The highest BCUT2D eigenvalue weighted by molar-refractivity contribution is 7.80. The van der Waals surface area contributed by atoms with Crippen LogP contribution in [0.5, 0.6) is 0 Å². The molecular weight excluding hydrogens is 359 g/mol. The second-order valence-electron chi connectivity index (χ2n) is 6.22. The van der Waals surface area contributed by atoms with Crippen molar-refractivity contribution >= 4 is 29.2 Å². The molecule has 3 aromatic rings. The van der Waals surface area contributed by atoms with Crippen LogP contribution in [0, 0.1) is 19.7 Å². The van der Waals surface area contributed by atoms with Crippen LogP contribution in [-0.2, 0) is 6.54 Å². The van der Waals surface area contributed by atoms with Gasteiger partial charge in [0.05, 0.1) is 18.5 Å². The number of thiocarbonyl (C=S) groups is 1. The summed E-state index contributed by atoms with van der Waals surface area (Å²) in [4.78, 5) is 0. The van der Waals surface area contributed by atoms with Gasteiger partial charge in [0.25, 0.3) is 0 Å². The predicted molar refractivity (Wildman–Crippen MR) is 113 cm³/mol. The third-order valence-electron chi connectivity index (χ3n) is 4.38. The molecule has 138 valence electrons. The molecule has 0 saturated heterocycles. The van der Waals surface area contributed by atoms with Crippen molar-refractivity contribution in [2.75, 3.05) is 5.32 Å². The highest BCUT2D eigenvalue weighted by atomic mass is 32.1. The third-order valence-corrected chi connectivity index (χ3v) is 4.57. The Hall–Kier alpha value is -2.99. The summed E-state index contributed by atoms with van der Waals surface area (Å²) in [5, 5.41) is 7.75. The van der Waals surface area contributed by atoms with Gasteiger partial charge >= 0.3 is 0 Å². The fraction of sp³-hybridized carbons (Fsp3) is 0.143. The molecule has 4 nitrogen and oxygen atoms in total. The van der Waals surface area contributed by atoms with Crippen LogP contribution in [0.15, 0.2) is 65.9 Å². The number of hydrazone groups is 1. The zero-order valence-corrected chi connectivity index (χ0v) is 16.1. The Kier molecular flexibility index (Phi) is 5.98. The average molecular weight is 380 g/mol. The summed E-state index contributed by atoms with van der Waals surface area (Å²) >= 11 is 5.30. The molecule has 2 N–H and O–H groups in total. The second-order valence-corrected chi connectivity index (χ2v) is 6.63. The molecule has 0 fully saturated rings. The fourth-order valence-corrected chi connectivity index (χ4v) is 2.86. The van der Waals surface area contributed by atoms with Gasteiger partial charge in [-0.3, -0.25) is 5.43 Å². The summed E-state index contributed by atoms with van der Waals surface area (Å²) in [5.41, 5.74) is 7.58. The number of anilines is 1. The first-order valence-corrected chi connectivity index (χ1v) is 9.00. The van der Waals surface area contributed by atoms with E-state index in [0.29, 0.717) is 17.2 Å². The summed E-state index contributed by atoms with van der Waals surface area (Å²) in [6.07, 6.45) is 3.55. The van der Waals surface area contributed by atoms with E-state index in [9.17, 15) is 4.39 Å². The van der Waals surface area contributed by atoms with E-state index in [4.69, 9.17) is 12.2 Å². The first kappa shape index (κ1) is 18.8. The number of nitrogens with one attached hydrogen (secondary N) is 2. The Balaban J connectivity index is 1.62. The van der Waals surface area contributed by atoms with Gasteiger partial charge in [0.1, 0.15) is 5.82 Å². The van der Waals surface area contributed by atoms with E-state index in [1.54, 1.807) is 18.3 Å². The first-order valence-electron chi connectivity index (χ1n) is 8.59. The molecule has 0 bridgehead atoms. The number of hydrogen-bond acceptors (Lipinski definition) is 2. The maximum atomic E-state index is 13.9. The monoisotopic (exact) mass is 380 g/mol. The van der Waals surface area contributed by atoms with Gasteiger partial charge in [0.15, 0.2) is 5.11 Å². The van der Waals surface area contributed by atoms with E-state index in [0.717, 1.165) is 16.9 Å². The van der Waals surface area contributed by atoms with Gasteiger partial charge in [-0.05, 0) is 61.5 Å². The molecule has 27 heavy (non-hydrogen) atoms. The minimum Gasteiger partial charge on any atom is -0.342 e. The maximum absolute atomic E-state index is 13.9. The van der Waals surface area contributed by atoms with Gasteiger partial charge in [0, 0.05) is 17.4 Å². The summed E-state index contributed by atoms with van der Waals surface area (Å²) in [5.74, 6) is -0.217. The van der Waals surface area contributed by atoms with Crippen molar-refractivity contribution < 1.29 is 4.39 Å². The lowest BCUT2D eigenvalue weighted by atomic mass is 10.1. The van der Waals surface area contributed by atoms with E-state index in [2.05, 4.69) is 28.8 Å². The Morgan fingerprint density at radius 3 is 2.74 bits per heavy atom. The first-order chi connectivity index (χ1) is 13.0. The van der Waals surface area contributed by atoms with Crippen LogP contribution >= 0.6 is 12.2 Å². The third kappa shape index (κ3) is 4.80. The molecule has 0 spiro atoms. The smallest absolute Gasteiger partial charge is 0.191 e. The van der Waals surface area contributed by atoms with E-state index >= 15 is 0 Å². The quantitative estimate of drug-likeness (QED) is 0.386. The van der Waals surface area contributed by atoms with Crippen LogP contribution in [0.2, 0.25) is 0 Å². The van der Waals surface area contributed by atoms with Crippen molar-refractivity contribution in [3.05, 3.63) is 89.0 Å². The van der Waals surface area contributed by atoms with Crippen LogP contribution in [0.1, 0.15) is 22.4 Å². The molecule has 1 heterocycles. The van der Waals surface area contributed by atoms with Crippen LogP contribution < -0.4 is 10.7 Å². The van der Waals surface area contributed by atoms with Gasteiger partial charge in [-0.15, -0.1) is 0 Å². The molecule has 3 rings (SSSR count). The molecule has 6 heteroatoms. The molecule has 0 atom stereocenters. The predicted octanol–water partition coefficient (Wildman–Crippen LogP) is 4.61. The standard InChI is InChI=1S/C21H21FN4S/c1-15-7-5-11-20(16(15)2)24-21(27)25-23-13-18-9-6-12-26(18)14-17-8-3-4-10-19(17)22/h3-13H,14H2,1-2H3,(H2,24,25,27)/b23-13+. The zero-order chi connectivity index (χ0) is 19.2. The lowest BCUT2D eigenvalue weighted by Crippen LogP contribution is -2.24. The molecule has 0 amide bonds. The Morgan fingerprint density at radius 1 is 1.11 bits per heavy atom. The highest BCUT2D eigenvalue weighted by Gasteiger charge is 2.05. The summed E-state index contributed by atoms with van der Waals surface area (Å²) in [6.45, 7) is 4.53. The van der Waals surface area contributed by atoms with Gasteiger partial charge in [-0.2, -0.15) is 5.10 Å². The van der Waals surface area contributed by atoms with Crippen molar-refractivity contribution in [3.63, 3.8) is 0 Å². The molecule has 0 saturated carbocycles. The molecule has 0 unspecified atom stereocenters. The maximum Gasteiger partial charge on any atom is 0.191 e. The van der Waals surface area contributed by atoms with Crippen molar-refractivity contribution in [3.8, 4) is 0 Å². The number of nitrogens with zero attached hydrogens (tertiary/aromatic N) is 2. The van der Waals surface area contributed by atoms with Gasteiger partial charge in [-0.1, -0.05) is 30.3 Å². The van der Waals surface area contributed by atoms with Gasteiger partial charge in [0.2, 0.25) is 0 Å². The molecule has 0 aliphatic heterocycles. The van der Waals surface area contributed by atoms with Crippen LogP contribution in [0.25, 0.3) is 0 Å². The molecule has 0 aliphatic rings. The summed E-state index contributed by atoms with van der Waals surface area (Å²) in [6, 6.07) is 16.6. The molecule has 0 aliphatic carbocycles. The average Bonchev–Trinajstić information content (AvgIpc) is 3.08. The number of hydrogen-bond donors (Lipinski definition) is 2. The molecule has 2 aromatic carbocycles. The van der Waals surface area contributed by atoms with E-state index < -0.39 is 0 Å². The zero-order valence-electron chi connectivity index (χ0n) is 15.2. The van der Waals surface area contributed by atoms with Crippen molar-refractivity contribution in [1.29, 1.82) is 0 Å². The Bertz CT molecular complexity index is 978. The molecule has 1 aromatic heterocycles. The number of benzene rings is 2. The topological polar surface area (TPSA) is 41.4 Å². The van der Waals surface area contributed by atoms with Crippen LogP contribution in [0.3, 0.4) is 0 Å². The Morgan fingerprint density at radius 2 is 1.93 bits per heavy atom. The Labute approximate surface area is 163 Å². The second kappa shape index (κ2) is 8.60. The lowest BCUT2D eigenvalue weighted by molar-refractivity contribution is 0.599. The molecular formula is C21H21FN4S. The fourth-order valence-electron chi connectivity index (χ4n) is 2.69. The number of halogens is 1. The highest BCUT2D eigenvalue weighted by Crippen LogP contribution is 2.17. The van der Waals surface area contributed by atoms with Gasteiger partial charge < -0.3 is 9.88 Å². The van der Waals surface area contributed by atoms with E-state index in [1.807, 2.05) is 48.0 Å². The van der Waals surface area contributed by atoms with Crippen LogP contribution in [0.4, 0.5) is 10.1 Å².